The van der Waals surface area contributed by atoms with Crippen molar-refractivity contribution in [1.82, 2.24) is 4.90 Å². The van der Waals surface area contributed by atoms with E-state index >= 15 is 0 Å². The molecule has 3 atom stereocenters. The van der Waals surface area contributed by atoms with Gasteiger partial charge in [0, 0.05) is 25.2 Å². The lowest BCUT2D eigenvalue weighted by atomic mass is 10.0. The maximum Gasteiger partial charge on any atom is 0.141 e. The molecule has 0 amide bonds. The topological polar surface area (TPSA) is 38.5 Å². The summed E-state index contributed by atoms with van der Waals surface area (Å²) in [5.41, 5.74) is 6.83. The molecule has 1 fully saturated rings. The van der Waals surface area contributed by atoms with E-state index in [9.17, 15) is 4.39 Å². The average molecular weight is 287 g/mol. The fourth-order valence-corrected chi connectivity index (χ4v) is 2.93. The predicted molar refractivity (Wildman–Crippen MR) is 74.8 cm³/mol. The van der Waals surface area contributed by atoms with Gasteiger partial charge < -0.3 is 10.5 Å². The summed E-state index contributed by atoms with van der Waals surface area (Å²) < 4.78 is 18.8. The second-order valence-electron chi connectivity index (χ2n) is 5.02. The van der Waals surface area contributed by atoms with Crippen molar-refractivity contribution in [3.63, 3.8) is 0 Å². The largest absolute Gasteiger partial charge is 0.377 e. The lowest BCUT2D eigenvalue weighted by Crippen LogP contribution is -2.42. The number of hydrogen-bond acceptors (Lipinski definition) is 3. The van der Waals surface area contributed by atoms with Crippen LogP contribution in [0.5, 0.6) is 0 Å². The summed E-state index contributed by atoms with van der Waals surface area (Å²) in [4.78, 5) is 2.21. The number of rotatable bonds is 4. The monoisotopic (exact) mass is 286 g/mol. The van der Waals surface area contributed by atoms with Gasteiger partial charge in [0.1, 0.15) is 5.82 Å². The van der Waals surface area contributed by atoms with Gasteiger partial charge >= 0.3 is 0 Å². The second-order valence-corrected chi connectivity index (χ2v) is 5.43. The van der Waals surface area contributed by atoms with E-state index in [-0.39, 0.29) is 17.2 Å². The van der Waals surface area contributed by atoms with Crippen molar-refractivity contribution in [2.75, 3.05) is 20.2 Å². The van der Waals surface area contributed by atoms with Gasteiger partial charge in [-0.25, -0.2) is 4.39 Å². The van der Waals surface area contributed by atoms with Crippen molar-refractivity contribution in [3.8, 4) is 0 Å². The summed E-state index contributed by atoms with van der Waals surface area (Å²) in [6.07, 6.45) is 1.18. The summed E-state index contributed by atoms with van der Waals surface area (Å²) in [5.74, 6) is -0.401. The molecule has 2 rings (SSSR count). The predicted octanol–water partition coefficient (Wildman–Crippen LogP) is 2.59. The molecule has 1 aromatic carbocycles. The summed E-state index contributed by atoms with van der Waals surface area (Å²) in [6, 6.07) is 5.15. The van der Waals surface area contributed by atoms with Gasteiger partial charge in [0.15, 0.2) is 0 Å². The second kappa shape index (κ2) is 6.18. The van der Waals surface area contributed by atoms with Crippen LogP contribution in [0.2, 0.25) is 5.02 Å². The molecule has 3 nitrogen and oxygen atoms in total. The third-order valence-corrected chi connectivity index (χ3v) is 4.19. The van der Waals surface area contributed by atoms with E-state index in [0.717, 1.165) is 18.6 Å². The van der Waals surface area contributed by atoms with Crippen LogP contribution in [0.15, 0.2) is 18.2 Å². The van der Waals surface area contributed by atoms with E-state index in [1.807, 2.05) is 7.05 Å². The SMILES string of the molecule is CC1OCCC1N(C)C(CN)c1ccc(F)c(Cl)c1. The number of halogens is 2. The molecule has 3 unspecified atom stereocenters. The van der Waals surface area contributed by atoms with Crippen LogP contribution in [0, 0.1) is 5.82 Å². The first-order chi connectivity index (χ1) is 9.04. The minimum atomic E-state index is -0.401. The van der Waals surface area contributed by atoms with Crippen molar-refractivity contribution >= 4 is 11.6 Å². The van der Waals surface area contributed by atoms with Crippen molar-refractivity contribution < 1.29 is 9.13 Å². The van der Waals surface area contributed by atoms with Crippen LogP contribution < -0.4 is 5.73 Å². The Balaban J connectivity index is 2.20. The van der Waals surface area contributed by atoms with E-state index in [2.05, 4.69) is 11.8 Å². The molecule has 5 heteroatoms. The molecule has 0 spiro atoms. The molecule has 19 heavy (non-hydrogen) atoms. The lowest BCUT2D eigenvalue weighted by molar-refractivity contribution is 0.0686. The average Bonchev–Trinajstić information content (AvgIpc) is 2.80. The molecular weight excluding hydrogens is 267 g/mol. The van der Waals surface area contributed by atoms with Crippen molar-refractivity contribution in [2.45, 2.75) is 31.5 Å². The molecule has 0 radical (unpaired) electrons. The Morgan fingerprint density at radius 3 is 2.84 bits per heavy atom. The number of ether oxygens (including phenoxy) is 1. The van der Waals surface area contributed by atoms with Crippen LogP contribution in [0.25, 0.3) is 0 Å². The van der Waals surface area contributed by atoms with Gasteiger partial charge in [-0.2, -0.15) is 0 Å². The van der Waals surface area contributed by atoms with Crippen LogP contribution in [0.3, 0.4) is 0 Å². The highest BCUT2D eigenvalue weighted by molar-refractivity contribution is 6.30. The minimum Gasteiger partial charge on any atom is -0.377 e. The van der Waals surface area contributed by atoms with Crippen LogP contribution in [0.4, 0.5) is 4.39 Å². The maximum absolute atomic E-state index is 13.2. The van der Waals surface area contributed by atoms with E-state index < -0.39 is 5.82 Å². The Hall–Kier alpha value is -0.680. The van der Waals surface area contributed by atoms with E-state index in [0.29, 0.717) is 12.6 Å². The molecule has 0 aliphatic carbocycles. The minimum absolute atomic E-state index is 0.0206. The third kappa shape index (κ3) is 3.08. The molecule has 1 aromatic rings. The Kier molecular flexibility index (Phi) is 4.79. The fourth-order valence-electron chi connectivity index (χ4n) is 2.74. The summed E-state index contributed by atoms with van der Waals surface area (Å²) in [5, 5.41) is 0.139. The van der Waals surface area contributed by atoms with Gasteiger partial charge in [-0.3, -0.25) is 4.90 Å². The Labute approximate surface area is 118 Å². The van der Waals surface area contributed by atoms with Crippen molar-refractivity contribution in [1.29, 1.82) is 0 Å². The standard InChI is InChI=1S/C14H20ClFN2O/c1-9-13(5-6-19-9)18(2)14(8-17)10-3-4-12(16)11(15)7-10/h3-4,7,9,13-14H,5-6,8,17H2,1-2H3. The highest BCUT2D eigenvalue weighted by atomic mass is 35.5. The normalized spacial score (nSPS) is 24.9. The number of likely N-dealkylation sites (N-methyl/N-ethyl adjacent to an activating group) is 1. The van der Waals surface area contributed by atoms with Gasteiger partial charge in [0.05, 0.1) is 11.1 Å². The van der Waals surface area contributed by atoms with Crippen molar-refractivity contribution in [2.24, 2.45) is 5.73 Å². The Morgan fingerprint density at radius 1 is 1.58 bits per heavy atom. The molecule has 2 N–H and O–H groups in total. The van der Waals surface area contributed by atoms with Crippen LogP contribution in [-0.4, -0.2) is 37.2 Å². The third-order valence-electron chi connectivity index (χ3n) is 3.90. The number of nitrogens with zero attached hydrogens (tertiary/aromatic N) is 1. The maximum atomic E-state index is 13.2. The van der Waals surface area contributed by atoms with Crippen LogP contribution in [-0.2, 0) is 4.74 Å². The highest BCUT2D eigenvalue weighted by Gasteiger charge is 2.32. The van der Waals surface area contributed by atoms with Crippen LogP contribution in [0.1, 0.15) is 24.9 Å². The fraction of sp³-hybridized carbons (Fsp3) is 0.571. The molecule has 0 bridgehead atoms. The van der Waals surface area contributed by atoms with Gasteiger partial charge in [-0.1, -0.05) is 17.7 Å². The Bertz CT molecular complexity index is 443. The molecule has 106 valence electrons. The summed E-state index contributed by atoms with van der Waals surface area (Å²) >= 11 is 5.85. The summed E-state index contributed by atoms with van der Waals surface area (Å²) in [7, 11) is 2.03. The smallest absolute Gasteiger partial charge is 0.141 e. The van der Waals surface area contributed by atoms with E-state index in [1.165, 1.54) is 6.07 Å². The first kappa shape index (κ1) is 14.7. The first-order valence-corrected chi connectivity index (χ1v) is 6.91. The highest BCUT2D eigenvalue weighted by Crippen LogP contribution is 2.29. The summed E-state index contributed by atoms with van der Waals surface area (Å²) in [6.45, 7) is 3.30. The van der Waals surface area contributed by atoms with Crippen molar-refractivity contribution in [3.05, 3.63) is 34.6 Å². The zero-order valence-corrected chi connectivity index (χ0v) is 12.0. The van der Waals surface area contributed by atoms with Gasteiger partial charge in [0.2, 0.25) is 0 Å². The zero-order chi connectivity index (χ0) is 14.0. The molecule has 1 saturated heterocycles. The quantitative estimate of drug-likeness (QED) is 0.925. The zero-order valence-electron chi connectivity index (χ0n) is 11.3. The molecule has 1 aliphatic rings. The molecule has 1 heterocycles. The Morgan fingerprint density at radius 2 is 2.32 bits per heavy atom. The first-order valence-electron chi connectivity index (χ1n) is 6.53. The number of benzene rings is 1. The lowest BCUT2D eigenvalue weighted by Gasteiger charge is -2.34. The van der Waals surface area contributed by atoms with E-state index in [4.69, 9.17) is 22.1 Å². The molecular formula is C14H20ClFN2O. The number of hydrogen-bond donors (Lipinski definition) is 1. The molecule has 1 aliphatic heterocycles. The van der Waals surface area contributed by atoms with E-state index in [1.54, 1.807) is 12.1 Å². The molecule has 0 aromatic heterocycles. The van der Waals surface area contributed by atoms with Crippen LogP contribution >= 0.6 is 11.6 Å². The van der Waals surface area contributed by atoms with Gasteiger partial charge in [-0.15, -0.1) is 0 Å². The van der Waals surface area contributed by atoms with Gasteiger partial charge in [0.25, 0.3) is 0 Å². The van der Waals surface area contributed by atoms with Gasteiger partial charge in [-0.05, 0) is 38.1 Å². The number of nitrogens with two attached hydrogens (primary N) is 1. The molecule has 0 saturated carbocycles.